The monoisotopic (exact) mass is 398 g/mol. The van der Waals surface area contributed by atoms with Crippen molar-refractivity contribution in [3.05, 3.63) is 64.4 Å². The average molecular weight is 399 g/mol. The lowest BCUT2D eigenvalue weighted by Crippen LogP contribution is -2.47. The summed E-state index contributed by atoms with van der Waals surface area (Å²) in [6.45, 7) is 3.46. The molecule has 140 valence electrons. The highest BCUT2D eigenvalue weighted by molar-refractivity contribution is 7.92. The Bertz CT molecular complexity index is 901. The number of aryl methyl sites for hydroxylation is 1. The van der Waals surface area contributed by atoms with Crippen molar-refractivity contribution in [2.75, 3.05) is 10.6 Å². The maximum Gasteiger partial charge on any atom is 0.243 e. The first-order valence-electron chi connectivity index (χ1n) is 7.87. The Morgan fingerprint density at radius 3 is 2.38 bits per heavy atom. The number of hydrogen-bond donors (Lipinski definition) is 1. The van der Waals surface area contributed by atoms with Crippen LogP contribution in [-0.2, 0) is 21.4 Å². The lowest BCUT2D eigenvalue weighted by molar-refractivity contribution is -0.122. The zero-order chi connectivity index (χ0) is 19.5. The second-order valence-corrected chi connectivity index (χ2v) is 8.28. The Kier molecular flexibility index (Phi) is 6.26. The highest BCUT2D eigenvalue weighted by atomic mass is 35.5. The number of amides is 1. The number of rotatable bonds is 6. The van der Waals surface area contributed by atoms with Gasteiger partial charge in [0.05, 0.1) is 11.9 Å². The molecule has 0 radical (unpaired) electrons. The van der Waals surface area contributed by atoms with Crippen molar-refractivity contribution in [2.24, 2.45) is 0 Å². The van der Waals surface area contributed by atoms with Crippen LogP contribution in [0.25, 0.3) is 0 Å². The van der Waals surface area contributed by atoms with Crippen LogP contribution in [0.1, 0.15) is 18.1 Å². The van der Waals surface area contributed by atoms with Crippen molar-refractivity contribution >= 4 is 33.2 Å². The predicted octanol–water partition coefficient (Wildman–Crippen LogP) is 3.26. The van der Waals surface area contributed by atoms with Crippen molar-refractivity contribution in [2.45, 2.75) is 26.4 Å². The molecule has 2 aromatic carbocycles. The summed E-state index contributed by atoms with van der Waals surface area (Å²) in [5, 5.41) is 3.08. The van der Waals surface area contributed by atoms with Crippen LogP contribution >= 0.6 is 11.6 Å². The van der Waals surface area contributed by atoms with Crippen LogP contribution in [0.2, 0.25) is 5.02 Å². The normalized spacial score (nSPS) is 12.5. The number of anilines is 1. The van der Waals surface area contributed by atoms with Gasteiger partial charge in [0.15, 0.2) is 0 Å². The van der Waals surface area contributed by atoms with Gasteiger partial charge in [-0.1, -0.05) is 29.8 Å². The largest absolute Gasteiger partial charge is 0.350 e. The molecule has 2 aromatic rings. The van der Waals surface area contributed by atoms with Gasteiger partial charge in [-0.3, -0.25) is 9.10 Å². The first kappa shape index (κ1) is 20.2. The molecular formula is C18H20ClFN2O3S. The van der Waals surface area contributed by atoms with E-state index in [-0.39, 0.29) is 12.4 Å². The quantitative estimate of drug-likeness (QED) is 0.812. The summed E-state index contributed by atoms with van der Waals surface area (Å²) in [6, 6.07) is 9.52. The van der Waals surface area contributed by atoms with Crippen LogP contribution in [0.4, 0.5) is 10.1 Å². The van der Waals surface area contributed by atoms with Gasteiger partial charge in [-0.25, -0.2) is 12.8 Å². The fourth-order valence-electron chi connectivity index (χ4n) is 2.47. The molecule has 0 saturated heterocycles. The molecule has 0 saturated carbocycles. The van der Waals surface area contributed by atoms with E-state index in [2.05, 4.69) is 5.32 Å². The lowest BCUT2D eigenvalue weighted by atomic mass is 10.2. The summed E-state index contributed by atoms with van der Waals surface area (Å²) in [5.41, 5.74) is 1.82. The minimum Gasteiger partial charge on any atom is -0.350 e. The number of nitrogens with zero attached hydrogens (tertiary/aromatic N) is 1. The van der Waals surface area contributed by atoms with E-state index in [4.69, 9.17) is 11.6 Å². The molecule has 0 aliphatic rings. The molecule has 0 bridgehead atoms. The van der Waals surface area contributed by atoms with E-state index in [1.807, 2.05) is 0 Å². The van der Waals surface area contributed by atoms with Crippen LogP contribution in [0.5, 0.6) is 0 Å². The molecular weight excluding hydrogens is 379 g/mol. The molecule has 1 N–H and O–H groups in total. The fourth-order valence-corrected chi connectivity index (χ4v) is 3.81. The smallest absolute Gasteiger partial charge is 0.243 e. The maximum absolute atomic E-state index is 12.9. The molecule has 0 unspecified atom stereocenters. The highest BCUT2D eigenvalue weighted by Crippen LogP contribution is 2.26. The number of benzene rings is 2. The highest BCUT2D eigenvalue weighted by Gasteiger charge is 2.29. The van der Waals surface area contributed by atoms with Crippen molar-refractivity contribution in [3.63, 3.8) is 0 Å². The predicted molar refractivity (Wildman–Crippen MR) is 101 cm³/mol. The molecule has 0 aliphatic carbocycles. The zero-order valence-electron chi connectivity index (χ0n) is 14.7. The van der Waals surface area contributed by atoms with Crippen LogP contribution < -0.4 is 9.62 Å². The Morgan fingerprint density at radius 1 is 1.23 bits per heavy atom. The summed E-state index contributed by atoms with van der Waals surface area (Å²) in [7, 11) is -3.72. The van der Waals surface area contributed by atoms with Gasteiger partial charge in [-0.05, 0) is 49.2 Å². The Labute approximate surface area is 157 Å². The van der Waals surface area contributed by atoms with Gasteiger partial charge >= 0.3 is 0 Å². The molecule has 8 heteroatoms. The van der Waals surface area contributed by atoms with Crippen LogP contribution in [0, 0.1) is 12.7 Å². The standard InChI is InChI=1S/C18H20ClFN2O3S/c1-12-4-9-16(10-17(12)19)22(26(3,24)25)13(2)18(23)21-11-14-5-7-15(20)8-6-14/h4-10,13H,11H2,1-3H3,(H,21,23)/t13-/m1/s1. The number of halogens is 2. The molecule has 5 nitrogen and oxygen atoms in total. The number of hydrogen-bond acceptors (Lipinski definition) is 3. The third-order valence-electron chi connectivity index (χ3n) is 3.88. The van der Waals surface area contributed by atoms with E-state index in [1.165, 1.54) is 25.1 Å². The third-order valence-corrected chi connectivity index (χ3v) is 5.53. The van der Waals surface area contributed by atoms with E-state index >= 15 is 0 Å². The molecule has 0 fully saturated rings. The van der Waals surface area contributed by atoms with Gasteiger partial charge in [0, 0.05) is 11.6 Å². The second kappa shape index (κ2) is 8.05. The SMILES string of the molecule is Cc1ccc(N([C@H](C)C(=O)NCc2ccc(F)cc2)S(C)(=O)=O)cc1Cl. The van der Waals surface area contributed by atoms with Crippen LogP contribution in [0.3, 0.4) is 0 Å². The minimum absolute atomic E-state index is 0.162. The fraction of sp³-hybridized carbons (Fsp3) is 0.278. The van der Waals surface area contributed by atoms with E-state index in [9.17, 15) is 17.6 Å². The molecule has 0 aromatic heterocycles. The van der Waals surface area contributed by atoms with E-state index in [0.717, 1.165) is 16.1 Å². The van der Waals surface area contributed by atoms with Gasteiger partial charge in [-0.2, -0.15) is 0 Å². The Morgan fingerprint density at radius 2 is 1.85 bits per heavy atom. The third kappa shape index (κ3) is 4.95. The summed E-state index contributed by atoms with van der Waals surface area (Å²) in [5.74, 6) is -0.843. The van der Waals surface area contributed by atoms with Gasteiger partial charge in [0.1, 0.15) is 11.9 Å². The van der Waals surface area contributed by atoms with E-state index < -0.39 is 22.0 Å². The van der Waals surface area contributed by atoms with E-state index in [1.54, 1.807) is 31.2 Å². The van der Waals surface area contributed by atoms with Crippen LogP contribution in [0.15, 0.2) is 42.5 Å². The summed E-state index contributed by atoms with van der Waals surface area (Å²) in [6.07, 6.45) is 1.03. The van der Waals surface area contributed by atoms with E-state index in [0.29, 0.717) is 16.3 Å². The topological polar surface area (TPSA) is 66.5 Å². The number of sulfonamides is 1. The Hall–Kier alpha value is -2.12. The molecule has 0 spiro atoms. The van der Waals surface area contributed by atoms with Crippen molar-refractivity contribution in [3.8, 4) is 0 Å². The van der Waals surface area contributed by atoms with Gasteiger partial charge in [0.25, 0.3) is 0 Å². The number of nitrogens with one attached hydrogen (secondary N) is 1. The summed E-state index contributed by atoms with van der Waals surface area (Å²) in [4.78, 5) is 12.5. The maximum atomic E-state index is 12.9. The van der Waals surface area contributed by atoms with Crippen LogP contribution in [-0.4, -0.2) is 26.6 Å². The number of carbonyl (C=O) groups excluding carboxylic acids is 1. The first-order chi connectivity index (χ1) is 12.1. The van der Waals surface area contributed by atoms with Gasteiger partial charge in [-0.15, -0.1) is 0 Å². The van der Waals surface area contributed by atoms with Crippen molar-refractivity contribution < 1.29 is 17.6 Å². The second-order valence-electron chi connectivity index (χ2n) is 6.01. The Balaban J connectivity index is 2.20. The summed E-state index contributed by atoms with van der Waals surface area (Å²) >= 11 is 6.09. The number of carbonyl (C=O) groups is 1. The van der Waals surface area contributed by atoms with Gasteiger partial charge < -0.3 is 5.32 Å². The molecule has 1 atom stereocenters. The molecule has 0 heterocycles. The molecule has 2 rings (SSSR count). The minimum atomic E-state index is -3.72. The summed E-state index contributed by atoms with van der Waals surface area (Å²) < 4.78 is 38.4. The zero-order valence-corrected chi connectivity index (χ0v) is 16.2. The first-order valence-corrected chi connectivity index (χ1v) is 10.1. The molecule has 0 aliphatic heterocycles. The molecule has 1 amide bonds. The lowest BCUT2D eigenvalue weighted by Gasteiger charge is -2.28. The van der Waals surface area contributed by atoms with Crippen molar-refractivity contribution in [1.82, 2.24) is 5.32 Å². The molecule has 26 heavy (non-hydrogen) atoms. The van der Waals surface area contributed by atoms with Gasteiger partial charge in [0.2, 0.25) is 15.9 Å². The average Bonchev–Trinajstić information content (AvgIpc) is 2.56. The van der Waals surface area contributed by atoms with Crippen molar-refractivity contribution in [1.29, 1.82) is 0 Å².